The largest absolute Gasteiger partial charge is 0.497 e. The fourth-order valence-electron chi connectivity index (χ4n) is 6.33. The van der Waals surface area contributed by atoms with Gasteiger partial charge in [-0.3, -0.25) is 19.5 Å². The third-order valence-electron chi connectivity index (χ3n) is 8.96. The van der Waals surface area contributed by atoms with E-state index in [0.717, 1.165) is 54.2 Å². The molecule has 1 fully saturated rings. The highest BCUT2D eigenvalue weighted by molar-refractivity contribution is 6.40. The predicted octanol–water partition coefficient (Wildman–Crippen LogP) is 8.81. The van der Waals surface area contributed by atoms with E-state index in [1.54, 1.807) is 35.1 Å². The van der Waals surface area contributed by atoms with Gasteiger partial charge in [-0.05, 0) is 67.4 Å². The second-order valence-electron chi connectivity index (χ2n) is 12.2. The SMILES string of the molecule is COc1ccc(CN2Cc3c(-c4ccccc4Cl)cc(C(=O)CN4CCN(C(C)C)CC4)cc3N(c3c(Cl)cccc3Cl)C2=O)cc1. The van der Waals surface area contributed by atoms with Crippen molar-refractivity contribution in [2.45, 2.75) is 33.0 Å². The Morgan fingerprint density at radius 1 is 0.830 bits per heavy atom. The van der Waals surface area contributed by atoms with Crippen LogP contribution >= 0.6 is 34.8 Å². The zero-order valence-electron chi connectivity index (χ0n) is 26.7. The number of para-hydroxylation sites is 1. The zero-order valence-corrected chi connectivity index (χ0v) is 28.9. The van der Waals surface area contributed by atoms with Crippen molar-refractivity contribution in [1.29, 1.82) is 0 Å². The Bertz CT molecular complexity index is 1770. The van der Waals surface area contributed by atoms with Crippen LogP contribution in [0.1, 0.15) is 35.3 Å². The number of ether oxygens (including phenoxy) is 1. The van der Waals surface area contributed by atoms with Gasteiger partial charge in [-0.15, -0.1) is 0 Å². The minimum atomic E-state index is -0.303. The summed E-state index contributed by atoms with van der Waals surface area (Å²) in [6.07, 6.45) is 0. The maximum absolute atomic E-state index is 14.5. The van der Waals surface area contributed by atoms with Crippen LogP contribution in [-0.4, -0.2) is 72.4 Å². The molecular weight excluding hydrogens is 655 g/mol. The number of methoxy groups -OCH3 is 1. The number of anilines is 2. The highest BCUT2D eigenvalue weighted by atomic mass is 35.5. The fourth-order valence-corrected chi connectivity index (χ4v) is 7.14. The number of carbonyl (C=O) groups excluding carboxylic acids is 2. The summed E-state index contributed by atoms with van der Waals surface area (Å²) in [4.78, 5) is 36.5. The van der Waals surface area contributed by atoms with Gasteiger partial charge in [-0.1, -0.05) is 71.2 Å². The highest BCUT2D eigenvalue weighted by Crippen LogP contribution is 2.46. The van der Waals surface area contributed by atoms with Crippen molar-refractivity contribution >= 4 is 58.0 Å². The van der Waals surface area contributed by atoms with E-state index in [9.17, 15) is 9.59 Å². The van der Waals surface area contributed by atoms with E-state index in [2.05, 4.69) is 23.6 Å². The highest BCUT2D eigenvalue weighted by Gasteiger charge is 2.36. The van der Waals surface area contributed by atoms with Crippen molar-refractivity contribution in [1.82, 2.24) is 14.7 Å². The number of Topliss-reactive ketones (excluding diaryl/α,β-unsaturated/α-hetero) is 1. The predicted molar refractivity (Wildman–Crippen MR) is 191 cm³/mol. The summed E-state index contributed by atoms with van der Waals surface area (Å²) in [5, 5.41) is 1.19. The first-order valence-electron chi connectivity index (χ1n) is 15.7. The molecule has 6 rings (SSSR count). The summed E-state index contributed by atoms with van der Waals surface area (Å²) in [6.45, 7) is 8.72. The van der Waals surface area contributed by atoms with Crippen LogP contribution in [0.25, 0.3) is 11.1 Å². The number of ketones is 1. The molecule has 0 aromatic heterocycles. The maximum Gasteiger partial charge on any atom is 0.329 e. The number of rotatable bonds is 9. The Morgan fingerprint density at radius 2 is 1.49 bits per heavy atom. The Labute approximate surface area is 291 Å². The first kappa shape index (κ1) is 33.3. The van der Waals surface area contributed by atoms with Crippen LogP contribution in [0.15, 0.2) is 78.9 Å². The van der Waals surface area contributed by atoms with E-state index in [-0.39, 0.29) is 24.9 Å². The van der Waals surface area contributed by atoms with Gasteiger partial charge < -0.3 is 9.64 Å². The molecule has 0 unspecified atom stereocenters. The van der Waals surface area contributed by atoms with Gasteiger partial charge in [0, 0.05) is 60.5 Å². The molecule has 2 amide bonds. The van der Waals surface area contributed by atoms with Gasteiger partial charge >= 0.3 is 6.03 Å². The van der Waals surface area contributed by atoms with Crippen molar-refractivity contribution in [3.8, 4) is 16.9 Å². The minimum Gasteiger partial charge on any atom is -0.497 e. The van der Waals surface area contributed by atoms with E-state index in [0.29, 0.717) is 44.6 Å². The number of nitrogens with zero attached hydrogens (tertiary/aromatic N) is 4. The first-order chi connectivity index (χ1) is 22.6. The van der Waals surface area contributed by atoms with E-state index >= 15 is 0 Å². The third-order valence-corrected chi connectivity index (χ3v) is 9.90. The molecule has 0 bridgehead atoms. The Kier molecular flexibility index (Phi) is 10.1. The van der Waals surface area contributed by atoms with Crippen molar-refractivity contribution in [3.05, 3.63) is 111 Å². The van der Waals surface area contributed by atoms with Crippen molar-refractivity contribution in [2.75, 3.05) is 44.7 Å². The van der Waals surface area contributed by atoms with E-state index in [1.807, 2.05) is 60.7 Å². The Hall–Kier alpha value is -3.59. The van der Waals surface area contributed by atoms with Crippen LogP contribution in [0.2, 0.25) is 15.1 Å². The topological polar surface area (TPSA) is 56.3 Å². The van der Waals surface area contributed by atoms with Gasteiger partial charge in [-0.25, -0.2) is 4.79 Å². The molecule has 47 heavy (non-hydrogen) atoms. The van der Waals surface area contributed by atoms with Crippen LogP contribution in [0, 0.1) is 0 Å². The summed E-state index contributed by atoms with van der Waals surface area (Å²) >= 11 is 20.4. The molecule has 4 aromatic carbocycles. The molecule has 2 heterocycles. The zero-order chi connectivity index (χ0) is 33.2. The van der Waals surface area contributed by atoms with Crippen molar-refractivity contribution in [3.63, 3.8) is 0 Å². The molecule has 0 atom stereocenters. The Morgan fingerprint density at radius 3 is 2.13 bits per heavy atom. The fraction of sp³-hybridized carbons (Fsp3) is 0.297. The number of hydrogen-bond donors (Lipinski definition) is 0. The van der Waals surface area contributed by atoms with Gasteiger partial charge in [0.15, 0.2) is 5.78 Å². The average Bonchev–Trinajstić information content (AvgIpc) is 3.06. The number of carbonyl (C=O) groups is 2. The van der Waals surface area contributed by atoms with Crippen LogP contribution in [-0.2, 0) is 13.1 Å². The maximum atomic E-state index is 14.5. The molecule has 0 saturated carbocycles. The number of halogens is 3. The lowest BCUT2D eigenvalue weighted by Gasteiger charge is -2.39. The Balaban J connectivity index is 1.47. The van der Waals surface area contributed by atoms with Crippen molar-refractivity contribution in [2.24, 2.45) is 0 Å². The normalized spacial score (nSPS) is 15.7. The molecule has 0 spiro atoms. The summed E-state index contributed by atoms with van der Waals surface area (Å²) in [5.74, 6) is 0.700. The summed E-state index contributed by atoms with van der Waals surface area (Å²) < 4.78 is 5.33. The minimum absolute atomic E-state index is 0.0302. The van der Waals surface area contributed by atoms with Crippen LogP contribution in [0.5, 0.6) is 5.75 Å². The van der Waals surface area contributed by atoms with Crippen molar-refractivity contribution < 1.29 is 14.3 Å². The number of fused-ring (bicyclic) bond motifs is 1. The number of benzene rings is 4. The van der Waals surface area contributed by atoms with Crippen LogP contribution < -0.4 is 9.64 Å². The molecule has 244 valence electrons. The molecule has 2 aliphatic rings. The van der Waals surface area contributed by atoms with Gasteiger partial charge in [0.05, 0.1) is 41.6 Å². The van der Waals surface area contributed by atoms with E-state index in [1.165, 1.54) is 0 Å². The summed E-state index contributed by atoms with van der Waals surface area (Å²) in [5.41, 5.74) is 4.73. The monoisotopic (exact) mass is 690 g/mol. The standard InChI is InChI=1S/C37H37Cl3N4O3/c1-24(2)42-17-15-41(16-18-42)23-35(45)26-19-29(28-7-4-5-8-31(28)38)30-22-43(21-25-11-13-27(47-3)14-12-25)37(46)44(34(30)20-26)36-32(39)9-6-10-33(36)40/h4-14,19-20,24H,15-18,21-23H2,1-3H3. The number of hydrogen-bond acceptors (Lipinski definition) is 5. The van der Waals surface area contributed by atoms with Crippen LogP contribution in [0.3, 0.4) is 0 Å². The summed E-state index contributed by atoms with van der Waals surface area (Å²) in [6, 6.07) is 24.2. The number of amides is 2. The second-order valence-corrected chi connectivity index (χ2v) is 13.4. The van der Waals surface area contributed by atoms with Gasteiger partial charge in [0.2, 0.25) is 0 Å². The molecule has 0 radical (unpaired) electrons. The molecule has 0 aliphatic carbocycles. The van der Waals surface area contributed by atoms with E-state index < -0.39 is 0 Å². The van der Waals surface area contributed by atoms with Crippen LogP contribution in [0.4, 0.5) is 16.2 Å². The lowest BCUT2D eigenvalue weighted by atomic mass is 9.91. The molecule has 2 aliphatic heterocycles. The lowest BCUT2D eigenvalue weighted by Crippen LogP contribution is -2.50. The van der Waals surface area contributed by atoms with Gasteiger partial charge in [-0.2, -0.15) is 0 Å². The molecular formula is C37H37Cl3N4O3. The van der Waals surface area contributed by atoms with E-state index in [4.69, 9.17) is 39.5 Å². The quantitative estimate of drug-likeness (QED) is 0.164. The molecule has 1 saturated heterocycles. The van der Waals surface area contributed by atoms with Gasteiger partial charge in [0.25, 0.3) is 0 Å². The third kappa shape index (κ3) is 7.01. The van der Waals surface area contributed by atoms with Gasteiger partial charge in [0.1, 0.15) is 5.75 Å². The second kappa shape index (κ2) is 14.3. The number of urea groups is 1. The average molecular weight is 692 g/mol. The molecule has 4 aromatic rings. The summed E-state index contributed by atoms with van der Waals surface area (Å²) in [7, 11) is 1.62. The molecule has 7 nitrogen and oxygen atoms in total. The lowest BCUT2D eigenvalue weighted by molar-refractivity contribution is 0.0807. The smallest absolute Gasteiger partial charge is 0.329 e. The first-order valence-corrected chi connectivity index (χ1v) is 16.9. The molecule has 10 heteroatoms. The number of piperazine rings is 1. The molecule has 0 N–H and O–H groups in total.